The van der Waals surface area contributed by atoms with Gasteiger partial charge in [-0.2, -0.15) is 0 Å². The Balaban J connectivity index is 2.14. The third-order valence-electron chi connectivity index (χ3n) is 5.47. The summed E-state index contributed by atoms with van der Waals surface area (Å²) in [4.78, 5) is 72.7. The molecule has 13 nitrogen and oxygen atoms in total. The molecule has 0 aromatic rings. The van der Waals surface area contributed by atoms with Crippen LogP contribution in [0.15, 0.2) is 0 Å². The van der Waals surface area contributed by atoms with Gasteiger partial charge >= 0.3 is 17.9 Å². The maximum atomic E-state index is 12.9. The van der Waals surface area contributed by atoms with Crippen molar-refractivity contribution in [2.75, 3.05) is 13.1 Å². The fraction of sp³-hybridized carbons (Fsp3) is 0.684. The first kappa shape index (κ1) is 25.0. The summed E-state index contributed by atoms with van der Waals surface area (Å²) in [6.07, 6.45) is 0.399. The van der Waals surface area contributed by atoms with Gasteiger partial charge in [-0.3, -0.25) is 24.0 Å². The van der Waals surface area contributed by atoms with E-state index in [2.05, 4.69) is 16.0 Å². The van der Waals surface area contributed by atoms with Gasteiger partial charge in [-0.15, -0.1) is 0 Å². The van der Waals surface area contributed by atoms with Crippen LogP contribution in [0, 0.1) is 0 Å². The molecular formula is C19H28N4O9. The zero-order valence-electron chi connectivity index (χ0n) is 17.4. The van der Waals surface area contributed by atoms with Gasteiger partial charge in [0.05, 0.1) is 12.5 Å². The lowest BCUT2D eigenvalue weighted by Crippen LogP contribution is -2.57. The van der Waals surface area contributed by atoms with E-state index in [0.717, 1.165) is 11.3 Å². The molecule has 0 aromatic heterocycles. The molecule has 13 heteroatoms. The predicted molar refractivity (Wildman–Crippen MR) is 106 cm³/mol. The molecule has 2 aliphatic rings. The van der Waals surface area contributed by atoms with E-state index in [1.165, 1.54) is 0 Å². The lowest BCUT2D eigenvalue weighted by atomic mass is 10.1. The van der Waals surface area contributed by atoms with E-state index in [0.29, 0.717) is 19.4 Å². The number of carboxylic acids is 3. The number of nitrogens with one attached hydrogen (secondary N) is 3. The van der Waals surface area contributed by atoms with Crippen LogP contribution < -0.4 is 16.0 Å². The molecule has 2 saturated heterocycles. The van der Waals surface area contributed by atoms with E-state index < -0.39 is 72.6 Å². The highest BCUT2D eigenvalue weighted by molar-refractivity contribution is 5.96. The molecule has 3 amide bonds. The number of carbonyl (C=O) groups is 6. The highest BCUT2D eigenvalue weighted by atomic mass is 16.4. The summed E-state index contributed by atoms with van der Waals surface area (Å²) in [5, 5.41) is 35.0. The second kappa shape index (κ2) is 11.4. The van der Waals surface area contributed by atoms with Gasteiger partial charge < -0.3 is 36.2 Å². The average molecular weight is 456 g/mol. The Morgan fingerprint density at radius 1 is 0.938 bits per heavy atom. The number of aliphatic carboxylic acids is 3. The molecule has 0 aliphatic carbocycles. The summed E-state index contributed by atoms with van der Waals surface area (Å²) in [6, 6.07) is -4.52. The second-order valence-corrected chi connectivity index (χ2v) is 7.83. The van der Waals surface area contributed by atoms with Crippen LogP contribution >= 0.6 is 0 Å². The standard InChI is InChI=1S/C19H28N4O9/c24-14(25)6-5-11(18(30)23-8-2-4-13(23)19(31)32)21-17(29)12(9-15(26)27)22-16(28)10-3-1-7-20-10/h10-13,20H,1-9H2,(H,21,29)(H,22,28)(H,24,25)(H,26,27)(H,31,32). The van der Waals surface area contributed by atoms with Crippen LogP contribution in [0.2, 0.25) is 0 Å². The van der Waals surface area contributed by atoms with Crippen LogP contribution in [-0.2, 0) is 28.8 Å². The fourth-order valence-corrected chi connectivity index (χ4v) is 3.85. The van der Waals surface area contributed by atoms with Gasteiger partial charge in [0.1, 0.15) is 18.1 Å². The molecular weight excluding hydrogens is 428 g/mol. The molecule has 4 atom stereocenters. The number of likely N-dealkylation sites (tertiary alicyclic amines) is 1. The Kier molecular flexibility index (Phi) is 8.93. The molecule has 0 spiro atoms. The van der Waals surface area contributed by atoms with Crippen molar-refractivity contribution in [2.24, 2.45) is 0 Å². The van der Waals surface area contributed by atoms with E-state index in [1.807, 2.05) is 0 Å². The highest BCUT2D eigenvalue weighted by Crippen LogP contribution is 2.20. The largest absolute Gasteiger partial charge is 0.481 e. The van der Waals surface area contributed by atoms with Gasteiger partial charge in [0.2, 0.25) is 17.7 Å². The number of hydrogen-bond acceptors (Lipinski definition) is 7. The Bertz CT molecular complexity index is 766. The van der Waals surface area contributed by atoms with Gasteiger partial charge in [0.15, 0.2) is 0 Å². The van der Waals surface area contributed by atoms with Crippen LogP contribution in [-0.4, -0.2) is 93.1 Å². The molecule has 32 heavy (non-hydrogen) atoms. The quantitative estimate of drug-likeness (QED) is 0.204. The van der Waals surface area contributed by atoms with E-state index in [9.17, 15) is 33.9 Å². The van der Waals surface area contributed by atoms with E-state index >= 15 is 0 Å². The van der Waals surface area contributed by atoms with Gasteiger partial charge in [0.25, 0.3) is 0 Å². The van der Waals surface area contributed by atoms with Gasteiger partial charge in [-0.05, 0) is 38.6 Å². The van der Waals surface area contributed by atoms with Gasteiger partial charge in [0, 0.05) is 13.0 Å². The molecule has 2 heterocycles. The third-order valence-corrected chi connectivity index (χ3v) is 5.47. The minimum absolute atomic E-state index is 0.137. The van der Waals surface area contributed by atoms with Crippen molar-refractivity contribution in [2.45, 2.75) is 69.1 Å². The van der Waals surface area contributed by atoms with E-state index in [1.54, 1.807) is 0 Å². The van der Waals surface area contributed by atoms with Crippen LogP contribution in [0.25, 0.3) is 0 Å². The number of carboxylic acid groups (broad SMARTS) is 3. The van der Waals surface area contributed by atoms with Crippen molar-refractivity contribution in [1.29, 1.82) is 0 Å². The molecule has 0 radical (unpaired) electrons. The van der Waals surface area contributed by atoms with Crippen molar-refractivity contribution >= 4 is 35.6 Å². The van der Waals surface area contributed by atoms with Crippen LogP contribution in [0.1, 0.15) is 44.9 Å². The Morgan fingerprint density at radius 2 is 1.66 bits per heavy atom. The minimum Gasteiger partial charge on any atom is -0.481 e. The first-order chi connectivity index (χ1) is 15.1. The smallest absolute Gasteiger partial charge is 0.326 e. The summed E-state index contributed by atoms with van der Waals surface area (Å²) >= 11 is 0. The summed E-state index contributed by atoms with van der Waals surface area (Å²) in [6.45, 7) is 0.748. The maximum absolute atomic E-state index is 12.9. The number of nitrogens with zero attached hydrogens (tertiary/aromatic N) is 1. The first-order valence-electron chi connectivity index (χ1n) is 10.4. The predicted octanol–water partition coefficient (Wildman–Crippen LogP) is -1.88. The molecule has 0 aromatic carbocycles. The molecule has 4 unspecified atom stereocenters. The molecule has 2 aliphatic heterocycles. The lowest BCUT2D eigenvalue weighted by molar-refractivity contribution is -0.150. The molecule has 178 valence electrons. The summed E-state index contributed by atoms with van der Waals surface area (Å²) in [5.41, 5.74) is 0. The first-order valence-corrected chi connectivity index (χ1v) is 10.4. The van der Waals surface area contributed by atoms with Crippen molar-refractivity contribution in [3.63, 3.8) is 0 Å². The van der Waals surface area contributed by atoms with Crippen LogP contribution in [0.5, 0.6) is 0 Å². The lowest BCUT2D eigenvalue weighted by Gasteiger charge is -2.28. The molecule has 0 bridgehead atoms. The van der Waals surface area contributed by atoms with Crippen LogP contribution in [0.4, 0.5) is 0 Å². The Morgan fingerprint density at radius 3 is 2.22 bits per heavy atom. The Hall–Kier alpha value is -3.22. The Labute approximate surface area is 183 Å². The summed E-state index contributed by atoms with van der Waals surface area (Å²) in [7, 11) is 0. The SMILES string of the molecule is O=C(O)CCC(NC(=O)C(CC(=O)O)NC(=O)C1CCCN1)C(=O)N1CCCC1C(=O)O. The summed E-state index contributed by atoms with van der Waals surface area (Å²) < 4.78 is 0. The number of carbonyl (C=O) groups excluding carboxylic acids is 3. The second-order valence-electron chi connectivity index (χ2n) is 7.83. The van der Waals surface area contributed by atoms with Gasteiger partial charge in [-0.1, -0.05) is 0 Å². The molecule has 0 saturated carbocycles. The zero-order chi connectivity index (χ0) is 23.8. The normalized spacial score (nSPS) is 22.1. The molecule has 2 rings (SSSR count). The molecule has 2 fully saturated rings. The monoisotopic (exact) mass is 456 g/mol. The van der Waals surface area contributed by atoms with Gasteiger partial charge in [-0.25, -0.2) is 4.79 Å². The van der Waals surface area contributed by atoms with Crippen LogP contribution in [0.3, 0.4) is 0 Å². The van der Waals surface area contributed by atoms with Crippen molar-refractivity contribution in [1.82, 2.24) is 20.9 Å². The third kappa shape index (κ3) is 6.90. The number of rotatable bonds is 11. The van der Waals surface area contributed by atoms with E-state index in [-0.39, 0.29) is 19.4 Å². The number of amides is 3. The minimum atomic E-state index is -1.49. The van der Waals surface area contributed by atoms with Crippen molar-refractivity contribution in [3.05, 3.63) is 0 Å². The van der Waals surface area contributed by atoms with Crippen molar-refractivity contribution < 1.29 is 44.1 Å². The van der Waals surface area contributed by atoms with E-state index in [4.69, 9.17) is 10.2 Å². The average Bonchev–Trinajstić information content (AvgIpc) is 3.41. The number of hydrogen-bond donors (Lipinski definition) is 6. The zero-order valence-corrected chi connectivity index (χ0v) is 17.4. The van der Waals surface area contributed by atoms with Crippen molar-refractivity contribution in [3.8, 4) is 0 Å². The highest BCUT2D eigenvalue weighted by Gasteiger charge is 2.39. The fourth-order valence-electron chi connectivity index (χ4n) is 3.85. The maximum Gasteiger partial charge on any atom is 0.326 e. The topological polar surface area (TPSA) is 202 Å². The summed E-state index contributed by atoms with van der Waals surface area (Å²) in [5.74, 6) is -6.07. The molecule has 6 N–H and O–H groups in total.